The van der Waals surface area contributed by atoms with Crippen LogP contribution in [0.4, 0.5) is 0 Å². The first kappa shape index (κ1) is 14.6. The number of nitrogens with zero attached hydrogens (tertiary/aromatic N) is 1. The largest absolute Gasteiger partial charge is 0.487 e. The average Bonchev–Trinajstić information content (AvgIpc) is 2.91. The third kappa shape index (κ3) is 2.83. The molecule has 4 heteroatoms. The number of benzene rings is 2. The van der Waals surface area contributed by atoms with Gasteiger partial charge in [-0.2, -0.15) is 0 Å². The smallest absolute Gasteiger partial charge is 0.267 e. The van der Waals surface area contributed by atoms with Crippen molar-refractivity contribution in [3.05, 3.63) is 65.0 Å². The van der Waals surface area contributed by atoms with E-state index in [4.69, 9.17) is 4.74 Å². The van der Waals surface area contributed by atoms with Crippen molar-refractivity contribution in [3.8, 4) is 5.75 Å². The number of ether oxygens (including phenoxy) is 1. The van der Waals surface area contributed by atoms with Gasteiger partial charge in [0.2, 0.25) is 0 Å². The molecule has 3 rings (SSSR count). The van der Waals surface area contributed by atoms with E-state index in [0.717, 1.165) is 15.6 Å². The Bertz CT molecular complexity index is 793. The van der Waals surface area contributed by atoms with Crippen LogP contribution in [0.3, 0.4) is 0 Å². The van der Waals surface area contributed by atoms with E-state index < -0.39 is 0 Å². The van der Waals surface area contributed by atoms with E-state index in [9.17, 15) is 4.79 Å². The molecular weight excluding hydrogens is 294 g/mol. The summed E-state index contributed by atoms with van der Waals surface area (Å²) in [6, 6.07) is 17.9. The van der Waals surface area contributed by atoms with Gasteiger partial charge in [-0.3, -0.25) is 4.79 Å². The van der Waals surface area contributed by atoms with Crippen molar-refractivity contribution in [1.29, 1.82) is 0 Å². The van der Waals surface area contributed by atoms with E-state index >= 15 is 0 Å². The number of rotatable bonds is 4. The Balaban J connectivity index is 1.98. The van der Waals surface area contributed by atoms with Gasteiger partial charge in [0.25, 0.3) is 5.91 Å². The minimum absolute atomic E-state index is 0.0238. The molecule has 1 aromatic heterocycles. The molecule has 2 aromatic carbocycles. The summed E-state index contributed by atoms with van der Waals surface area (Å²) in [5, 5.41) is 0.994. The summed E-state index contributed by atoms with van der Waals surface area (Å²) < 4.78 is 7.08. The van der Waals surface area contributed by atoms with E-state index in [0.29, 0.717) is 17.2 Å². The molecule has 0 bridgehead atoms. The van der Waals surface area contributed by atoms with Crippen molar-refractivity contribution < 1.29 is 9.53 Å². The lowest BCUT2D eigenvalue weighted by atomic mass is 10.2. The lowest BCUT2D eigenvalue weighted by Crippen LogP contribution is -2.21. The first-order valence-electron chi connectivity index (χ1n) is 7.06. The monoisotopic (exact) mass is 311 g/mol. The Morgan fingerprint density at radius 2 is 1.73 bits per heavy atom. The zero-order chi connectivity index (χ0) is 15.5. The van der Waals surface area contributed by atoms with Crippen LogP contribution in [0.1, 0.15) is 15.2 Å². The molecule has 0 atom stereocenters. The zero-order valence-electron chi connectivity index (χ0n) is 12.6. The van der Waals surface area contributed by atoms with Gasteiger partial charge in [-0.1, -0.05) is 42.5 Å². The predicted molar refractivity (Wildman–Crippen MR) is 90.6 cm³/mol. The van der Waals surface area contributed by atoms with Crippen LogP contribution in [0, 0.1) is 0 Å². The third-order valence-corrected chi connectivity index (χ3v) is 4.52. The molecule has 0 N–H and O–H groups in total. The standard InChI is InChI=1S/C18H17NO2S/c1-19(2)18(20)17-16(14-10-6-7-11-15(14)22-17)21-12-13-8-4-3-5-9-13/h3-11H,12H2,1-2H3. The van der Waals surface area contributed by atoms with Crippen molar-refractivity contribution in [1.82, 2.24) is 4.90 Å². The van der Waals surface area contributed by atoms with Crippen LogP contribution in [-0.4, -0.2) is 24.9 Å². The first-order chi connectivity index (χ1) is 10.7. The normalized spacial score (nSPS) is 10.6. The number of amides is 1. The second-order valence-electron chi connectivity index (χ2n) is 5.23. The maximum absolute atomic E-state index is 12.4. The molecule has 3 aromatic rings. The van der Waals surface area contributed by atoms with Gasteiger partial charge in [0.05, 0.1) is 0 Å². The SMILES string of the molecule is CN(C)C(=O)c1sc2ccccc2c1OCc1ccccc1. The molecule has 0 aliphatic rings. The maximum Gasteiger partial charge on any atom is 0.267 e. The van der Waals surface area contributed by atoms with Crippen LogP contribution < -0.4 is 4.74 Å². The van der Waals surface area contributed by atoms with Crippen molar-refractivity contribution in [2.45, 2.75) is 6.61 Å². The van der Waals surface area contributed by atoms with Gasteiger partial charge in [-0.25, -0.2) is 0 Å². The molecule has 1 amide bonds. The molecule has 3 nitrogen and oxygen atoms in total. The van der Waals surface area contributed by atoms with Crippen molar-refractivity contribution in [2.24, 2.45) is 0 Å². The van der Waals surface area contributed by atoms with Crippen molar-refractivity contribution in [3.63, 3.8) is 0 Å². The Morgan fingerprint density at radius 1 is 1.05 bits per heavy atom. The van der Waals surface area contributed by atoms with Crippen molar-refractivity contribution >= 4 is 27.3 Å². The fourth-order valence-corrected chi connectivity index (χ4v) is 3.41. The first-order valence-corrected chi connectivity index (χ1v) is 7.88. The number of carbonyl (C=O) groups is 1. The van der Waals surface area contributed by atoms with E-state index in [2.05, 4.69) is 0 Å². The minimum atomic E-state index is -0.0238. The van der Waals surface area contributed by atoms with Crippen LogP contribution in [0.25, 0.3) is 10.1 Å². The number of hydrogen-bond acceptors (Lipinski definition) is 3. The molecule has 1 heterocycles. The molecule has 22 heavy (non-hydrogen) atoms. The average molecular weight is 311 g/mol. The zero-order valence-corrected chi connectivity index (χ0v) is 13.4. The summed E-state index contributed by atoms with van der Waals surface area (Å²) in [6.45, 7) is 0.454. The van der Waals surface area contributed by atoms with E-state index in [1.54, 1.807) is 19.0 Å². The molecule has 0 spiro atoms. The molecule has 0 saturated heterocycles. The number of carbonyl (C=O) groups excluding carboxylic acids is 1. The summed E-state index contributed by atoms with van der Waals surface area (Å²) in [4.78, 5) is 14.6. The highest BCUT2D eigenvalue weighted by atomic mass is 32.1. The Hall–Kier alpha value is -2.33. The van der Waals surface area contributed by atoms with Crippen molar-refractivity contribution in [2.75, 3.05) is 14.1 Å². The quantitative estimate of drug-likeness (QED) is 0.723. The van der Waals surface area contributed by atoms with Crippen LogP contribution >= 0.6 is 11.3 Å². The summed E-state index contributed by atoms with van der Waals surface area (Å²) in [7, 11) is 3.52. The lowest BCUT2D eigenvalue weighted by Gasteiger charge is -2.12. The van der Waals surface area contributed by atoms with E-state index in [-0.39, 0.29) is 5.91 Å². The molecule has 0 unspecified atom stereocenters. The van der Waals surface area contributed by atoms with Crippen LogP contribution in [0.2, 0.25) is 0 Å². The highest BCUT2D eigenvalue weighted by Crippen LogP contribution is 2.38. The Labute approximate surface area is 133 Å². The van der Waals surface area contributed by atoms with E-state index in [1.807, 2.05) is 54.6 Å². The minimum Gasteiger partial charge on any atom is -0.487 e. The third-order valence-electron chi connectivity index (χ3n) is 3.38. The molecule has 0 fully saturated rings. The van der Waals surface area contributed by atoms with E-state index in [1.165, 1.54) is 11.3 Å². The highest BCUT2D eigenvalue weighted by molar-refractivity contribution is 7.21. The van der Waals surface area contributed by atoms with Gasteiger partial charge in [0.1, 0.15) is 11.5 Å². The molecule has 0 saturated carbocycles. The summed E-state index contributed by atoms with van der Waals surface area (Å²) in [5.74, 6) is 0.660. The van der Waals surface area contributed by atoms with Gasteiger partial charge < -0.3 is 9.64 Å². The number of thiophene rings is 1. The Morgan fingerprint density at radius 3 is 2.45 bits per heavy atom. The van der Waals surface area contributed by atoms with Gasteiger partial charge in [0, 0.05) is 24.2 Å². The second-order valence-corrected chi connectivity index (χ2v) is 6.28. The lowest BCUT2D eigenvalue weighted by molar-refractivity contribution is 0.0828. The Kier molecular flexibility index (Phi) is 4.11. The summed E-state index contributed by atoms with van der Waals surface area (Å²) in [5.41, 5.74) is 1.08. The molecular formula is C18H17NO2S. The molecule has 0 radical (unpaired) electrons. The predicted octanol–water partition coefficient (Wildman–Crippen LogP) is 4.18. The van der Waals surface area contributed by atoms with Crippen LogP contribution in [-0.2, 0) is 6.61 Å². The van der Waals surface area contributed by atoms with Gasteiger partial charge >= 0.3 is 0 Å². The maximum atomic E-state index is 12.4. The van der Waals surface area contributed by atoms with Crippen LogP contribution in [0.5, 0.6) is 5.75 Å². The highest BCUT2D eigenvalue weighted by Gasteiger charge is 2.21. The number of fused-ring (bicyclic) bond motifs is 1. The second kappa shape index (κ2) is 6.20. The number of hydrogen-bond donors (Lipinski definition) is 0. The summed E-state index contributed by atoms with van der Waals surface area (Å²) >= 11 is 1.48. The van der Waals surface area contributed by atoms with Gasteiger partial charge in [-0.15, -0.1) is 11.3 Å². The summed E-state index contributed by atoms with van der Waals surface area (Å²) in [6.07, 6.45) is 0. The topological polar surface area (TPSA) is 29.5 Å². The molecule has 112 valence electrons. The molecule has 0 aliphatic carbocycles. The fourth-order valence-electron chi connectivity index (χ4n) is 2.24. The van der Waals surface area contributed by atoms with Gasteiger partial charge in [0.15, 0.2) is 5.75 Å². The van der Waals surface area contributed by atoms with Gasteiger partial charge in [-0.05, 0) is 17.7 Å². The van der Waals surface area contributed by atoms with Crippen LogP contribution in [0.15, 0.2) is 54.6 Å². The fraction of sp³-hybridized carbons (Fsp3) is 0.167. The molecule has 0 aliphatic heterocycles.